The van der Waals surface area contributed by atoms with Crippen molar-refractivity contribution < 1.29 is 0 Å². The Kier molecular flexibility index (Phi) is 3.59. The van der Waals surface area contributed by atoms with Gasteiger partial charge in [0.2, 0.25) is 0 Å². The molecule has 1 rings (SSSR count). The van der Waals surface area contributed by atoms with Gasteiger partial charge >= 0.3 is 0 Å². The van der Waals surface area contributed by atoms with E-state index in [-0.39, 0.29) is 0 Å². The van der Waals surface area contributed by atoms with Crippen molar-refractivity contribution in [3.63, 3.8) is 0 Å². The molecule has 1 aromatic rings. The predicted molar refractivity (Wildman–Crippen MR) is 58.6 cm³/mol. The molecule has 0 aliphatic heterocycles. The van der Waals surface area contributed by atoms with Crippen LogP contribution >= 0.6 is 47.8 Å². The maximum atomic E-state index is 3.44. The van der Waals surface area contributed by atoms with Crippen LogP contribution in [0.2, 0.25) is 0 Å². The van der Waals surface area contributed by atoms with Crippen LogP contribution in [0.15, 0.2) is 25.6 Å². The van der Waals surface area contributed by atoms with Crippen LogP contribution in [0.5, 0.6) is 0 Å². The molecule has 0 saturated carbocycles. The van der Waals surface area contributed by atoms with E-state index in [0.717, 1.165) is 13.4 Å². The molecule has 0 aliphatic rings. The molecule has 0 nitrogen and oxygen atoms in total. The lowest BCUT2D eigenvalue weighted by atomic mass is 10.2. The largest absolute Gasteiger partial charge is 0.0578 e. The van der Waals surface area contributed by atoms with Gasteiger partial charge in [-0.3, -0.25) is 0 Å². The van der Waals surface area contributed by atoms with E-state index in [2.05, 4.69) is 66.3 Å². The highest BCUT2D eigenvalue weighted by Gasteiger charge is 2.02. The summed E-state index contributed by atoms with van der Waals surface area (Å²) in [6.07, 6.45) is 2.06. The van der Waals surface area contributed by atoms with Gasteiger partial charge in [-0.25, -0.2) is 0 Å². The maximum absolute atomic E-state index is 3.44. The summed E-state index contributed by atoms with van der Waals surface area (Å²) in [5.41, 5.74) is 1.20. The number of halogens is 3. The van der Waals surface area contributed by atoms with Gasteiger partial charge in [-0.05, 0) is 71.9 Å². The molecular formula is C8H6Br3. The van der Waals surface area contributed by atoms with E-state index < -0.39 is 0 Å². The second-order valence-corrected chi connectivity index (χ2v) is 4.59. The van der Waals surface area contributed by atoms with Gasteiger partial charge in [0, 0.05) is 13.4 Å². The van der Waals surface area contributed by atoms with Crippen LogP contribution in [-0.4, -0.2) is 0 Å². The van der Waals surface area contributed by atoms with Gasteiger partial charge in [-0.1, -0.05) is 6.92 Å². The van der Waals surface area contributed by atoms with Crippen molar-refractivity contribution in [3.8, 4) is 0 Å². The van der Waals surface area contributed by atoms with Crippen molar-refractivity contribution in [2.45, 2.75) is 6.92 Å². The number of hydrogen-bond acceptors (Lipinski definition) is 0. The number of benzene rings is 1. The molecule has 11 heavy (non-hydrogen) atoms. The van der Waals surface area contributed by atoms with Gasteiger partial charge in [0.15, 0.2) is 0 Å². The van der Waals surface area contributed by atoms with Crippen LogP contribution in [-0.2, 0) is 0 Å². The zero-order chi connectivity index (χ0) is 8.43. The standard InChI is InChI=1S/C8H6Br3/c1-2-5-3-6(9)8(11)7(10)4-5/h2-4H,1H3. The number of hydrogen-bond donors (Lipinski definition) is 0. The topological polar surface area (TPSA) is 0 Å². The fraction of sp³-hybridized carbons (Fsp3) is 0.125. The van der Waals surface area contributed by atoms with Crippen LogP contribution in [0.1, 0.15) is 12.5 Å². The van der Waals surface area contributed by atoms with Crippen molar-refractivity contribution in [2.24, 2.45) is 0 Å². The molecule has 0 aromatic heterocycles. The first-order chi connectivity index (χ1) is 5.15. The van der Waals surface area contributed by atoms with Crippen molar-refractivity contribution in [1.29, 1.82) is 0 Å². The maximum Gasteiger partial charge on any atom is 0.0459 e. The molecule has 0 atom stereocenters. The first-order valence-corrected chi connectivity index (χ1v) is 5.47. The lowest BCUT2D eigenvalue weighted by Crippen LogP contribution is -1.80. The molecule has 0 unspecified atom stereocenters. The van der Waals surface area contributed by atoms with Crippen LogP contribution in [0.4, 0.5) is 0 Å². The lowest BCUT2D eigenvalue weighted by molar-refractivity contribution is 1.38. The monoisotopic (exact) mass is 339 g/mol. The van der Waals surface area contributed by atoms with E-state index >= 15 is 0 Å². The highest BCUT2D eigenvalue weighted by molar-refractivity contribution is 9.14. The van der Waals surface area contributed by atoms with Gasteiger partial charge in [0.1, 0.15) is 0 Å². The van der Waals surface area contributed by atoms with Crippen LogP contribution in [0.25, 0.3) is 0 Å². The second-order valence-electron chi connectivity index (χ2n) is 2.09. The molecule has 0 spiro atoms. The molecule has 1 aromatic carbocycles. The van der Waals surface area contributed by atoms with Crippen LogP contribution in [0.3, 0.4) is 0 Å². The summed E-state index contributed by atoms with van der Waals surface area (Å²) in [6, 6.07) is 4.13. The smallest absolute Gasteiger partial charge is 0.0459 e. The molecule has 0 N–H and O–H groups in total. The zero-order valence-electron chi connectivity index (χ0n) is 5.87. The minimum atomic E-state index is 1.06. The minimum absolute atomic E-state index is 1.06. The summed E-state index contributed by atoms with van der Waals surface area (Å²) in [5.74, 6) is 0. The summed E-state index contributed by atoms with van der Waals surface area (Å²) >= 11 is 10.3. The fourth-order valence-electron chi connectivity index (χ4n) is 0.742. The lowest BCUT2D eigenvalue weighted by Gasteiger charge is -2.02. The highest BCUT2D eigenvalue weighted by Crippen LogP contribution is 2.32. The first-order valence-electron chi connectivity index (χ1n) is 3.09. The Bertz CT molecular complexity index is 245. The second kappa shape index (κ2) is 4.06. The molecule has 0 bridgehead atoms. The van der Waals surface area contributed by atoms with Crippen molar-refractivity contribution in [1.82, 2.24) is 0 Å². The average molecular weight is 342 g/mol. The van der Waals surface area contributed by atoms with E-state index in [1.807, 2.05) is 6.92 Å². The van der Waals surface area contributed by atoms with Gasteiger partial charge < -0.3 is 0 Å². The average Bonchev–Trinajstić information content (AvgIpc) is 1.99. The fourth-order valence-corrected chi connectivity index (χ4v) is 2.19. The molecule has 0 fully saturated rings. The minimum Gasteiger partial charge on any atom is -0.0578 e. The van der Waals surface area contributed by atoms with E-state index in [0.29, 0.717) is 0 Å². The Balaban J connectivity index is 3.21. The summed E-state index contributed by atoms with van der Waals surface area (Å²) in [4.78, 5) is 0. The summed E-state index contributed by atoms with van der Waals surface area (Å²) in [5, 5.41) is 0. The quantitative estimate of drug-likeness (QED) is 0.657. The van der Waals surface area contributed by atoms with Gasteiger partial charge in [0.25, 0.3) is 0 Å². The molecule has 0 heterocycles. The molecule has 1 radical (unpaired) electrons. The normalized spacial score (nSPS) is 10.2. The zero-order valence-corrected chi connectivity index (χ0v) is 10.6. The predicted octanol–water partition coefficient (Wildman–Crippen LogP) is 4.55. The van der Waals surface area contributed by atoms with Gasteiger partial charge in [-0.15, -0.1) is 0 Å². The third-order valence-electron chi connectivity index (χ3n) is 1.34. The van der Waals surface area contributed by atoms with Crippen molar-refractivity contribution in [3.05, 3.63) is 37.5 Å². The highest BCUT2D eigenvalue weighted by atomic mass is 79.9. The van der Waals surface area contributed by atoms with E-state index in [4.69, 9.17) is 0 Å². The molecule has 59 valence electrons. The Morgan fingerprint density at radius 3 is 1.91 bits per heavy atom. The van der Waals surface area contributed by atoms with Crippen molar-refractivity contribution >= 4 is 47.8 Å². The Morgan fingerprint density at radius 1 is 1.09 bits per heavy atom. The van der Waals surface area contributed by atoms with Crippen LogP contribution < -0.4 is 0 Å². The van der Waals surface area contributed by atoms with Gasteiger partial charge in [0.05, 0.1) is 0 Å². The summed E-state index contributed by atoms with van der Waals surface area (Å²) in [6.45, 7) is 2.02. The summed E-state index contributed by atoms with van der Waals surface area (Å²) in [7, 11) is 0. The Morgan fingerprint density at radius 2 is 1.55 bits per heavy atom. The third-order valence-corrected chi connectivity index (χ3v) is 4.51. The molecule has 3 heteroatoms. The van der Waals surface area contributed by atoms with E-state index in [1.165, 1.54) is 5.56 Å². The SMILES string of the molecule is C[CH]c1cc(Br)c(Br)c(Br)c1. The summed E-state index contributed by atoms with van der Waals surface area (Å²) < 4.78 is 3.20. The molecule has 0 amide bonds. The van der Waals surface area contributed by atoms with E-state index in [9.17, 15) is 0 Å². The van der Waals surface area contributed by atoms with Crippen molar-refractivity contribution in [2.75, 3.05) is 0 Å². The molecule has 0 aliphatic carbocycles. The molecule has 0 saturated heterocycles. The Hall–Kier alpha value is 0.660. The Labute approximate surface area is 91.8 Å². The van der Waals surface area contributed by atoms with Crippen LogP contribution in [0, 0.1) is 6.42 Å². The number of rotatable bonds is 1. The van der Waals surface area contributed by atoms with E-state index in [1.54, 1.807) is 0 Å². The first kappa shape index (κ1) is 9.75. The third kappa shape index (κ3) is 2.30. The van der Waals surface area contributed by atoms with Gasteiger partial charge in [-0.2, -0.15) is 0 Å². The molecular weight excluding hydrogens is 336 g/mol.